The van der Waals surface area contributed by atoms with Crippen LogP contribution in [0.1, 0.15) is 110 Å². The number of carbonyl (C=O) groups is 2. The second-order valence-corrected chi connectivity index (χ2v) is 8.08. The zero-order chi connectivity index (χ0) is 19.5. The summed E-state index contributed by atoms with van der Waals surface area (Å²) >= 11 is 10.8. The van der Waals surface area contributed by atoms with Gasteiger partial charge in [-0.05, 0) is 55.3 Å². The molecule has 1 unspecified atom stereocenters. The molecular formula is C22H38Cl2O2. The summed E-state index contributed by atoms with van der Waals surface area (Å²) in [4.78, 5) is 22.1. The Bertz CT molecular complexity index is 380. The molecule has 0 amide bonds. The number of rotatable bonds is 19. The van der Waals surface area contributed by atoms with E-state index >= 15 is 0 Å². The number of allylic oxidation sites excluding steroid dienone is 2. The van der Waals surface area contributed by atoms with Crippen LogP contribution in [0.15, 0.2) is 12.2 Å². The molecule has 152 valence electrons. The lowest BCUT2D eigenvalue weighted by Crippen LogP contribution is -2.11. The van der Waals surface area contributed by atoms with Gasteiger partial charge in [0.25, 0.3) is 0 Å². The molecule has 0 aromatic carbocycles. The maximum absolute atomic E-state index is 11.2. The summed E-state index contributed by atoms with van der Waals surface area (Å²) in [5.41, 5.74) is 0. The van der Waals surface area contributed by atoms with Crippen molar-refractivity contribution in [2.24, 2.45) is 5.92 Å². The molecule has 0 radical (unpaired) electrons. The normalized spacial score (nSPS) is 12.6. The van der Waals surface area contributed by atoms with Crippen LogP contribution in [0.2, 0.25) is 0 Å². The maximum Gasteiger partial charge on any atom is 0.225 e. The van der Waals surface area contributed by atoms with Gasteiger partial charge in [0, 0.05) is 12.3 Å². The highest BCUT2D eigenvalue weighted by Crippen LogP contribution is 2.19. The fourth-order valence-electron chi connectivity index (χ4n) is 3.13. The Morgan fingerprint density at radius 3 is 1.65 bits per heavy atom. The zero-order valence-corrected chi connectivity index (χ0v) is 18.1. The number of halogens is 2. The van der Waals surface area contributed by atoms with Gasteiger partial charge in [-0.15, -0.1) is 0 Å². The van der Waals surface area contributed by atoms with Gasteiger partial charge in [-0.2, -0.15) is 0 Å². The molecule has 0 aromatic heterocycles. The molecule has 0 aliphatic carbocycles. The highest BCUT2D eigenvalue weighted by Gasteiger charge is 2.18. The Labute approximate surface area is 171 Å². The van der Waals surface area contributed by atoms with Crippen molar-refractivity contribution in [3.8, 4) is 0 Å². The van der Waals surface area contributed by atoms with Gasteiger partial charge in [-0.1, -0.05) is 83.3 Å². The van der Waals surface area contributed by atoms with Crippen molar-refractivity contribution in [2.45, 2.75) is 110 Å². The third-order valence-electron chi connectivity index (χ3n) is 4.79. The molecule has 0 rings (SSSR count). The summed E-state index contributed by atoms with van der Waals surface area (Å²) in [6.07, 6.45) is 23.0. The molecule has 0 heterocycles. The largest absolute Gasteiger partial charge is 0.281 e. The topological polar surface area (TPSA) is 34.1 Å². The van der Waals surface area contributed by atoms with Gasteiger partial charge in [0.05, 0.1) is 0 Å². The van der Waals surface area contributed by atoms with Crippen LogP contribution in [0, 0.1) is 5.92 Å². The highest BCUT2D eigenvalue weighted by atomic mass is 35.5. The van der Waals surface area contributed by atoms with Crippen molar-refractivity contribution >= 4 is 33.7 Å². The Hall–Kier alpha value is -0.340. The first kappa shape index (κ1) is 25.7. The molecule has 4 heteroatoms. The number of unbranched alkanes of at least 4 members (excludes halogenated alkanes) is 12. The Morgan fingerprint density at radius 1 is 0.731 bits per heavy atom. The molecule has 2 nitrogen and oxygen atoms in total. The molecule has 0 N–H and O–H groups in total. The van der Waals surface area contributed by atoms with Gasteiger partial charge in [0.15, 0.2) is 0 Å². The zero-order valence-electron chi connectivity index (χ0n) is 16.6. The molecule has 26 heavy (non-hydrogen) atoms. The molecule has 0 aliphatic rings. The molecule has 0 aromatic rings. The van der Waals surface area contributed by atoms with Crippen LogP contribution in [0.25, 0.3) is 0 Å². The van der Waals surface area contributed by atoms with E-state index < -0.39 is 16.4 Å². The van der Waals surface area contributed by atoms with Crippen molar-refractivity contribution in [2.75, 3.05) is 0 Å². The van der Waals surface area contributed by atoms with E-state index in [1.54, 1.807) is 0 Å². The van der Waals surface area contributed by atoms with Gasteiger partial charge in [0.1, 0.15) is 0 Å². The summed E-state index contributed by atoms with van der Waals surface area (Å²) in [6.45, 7) is 2.26. The monoisotopic (exact) mass is 404 g/mol. The number of carbonyl (C=O) groups excluding carboxylic acids is 2. The highest BCUT2D eigenvalue weighted by molar-refractivity contribution is 6.66. The molecule has 0 bridgehead atoms. The van der Waals surface area contributed by atoms with Gasteiger partial charge in [-0.25, -0.2) is 0 Å². The summed E-state index contributed by atoms with van der Waals surface area (Å²) in [5.74, 6) is -0.404. The summed E-state index contributed by atoms with van der Waals surface area (Å²) < 4.78 is 0. The van der Waals surface area contributed by atoms with Gasteiger partial charge in [0.2, 0.25) is 10.5 Å². The maximum atomic E-state index is 11.2. The van der Waals surface area contributed by atoms with Crippen molar-refractivity contribution in [1.29, 1.82) is 0 Å². The fraction of sp³-hybridized carbons (Fsp3) is 0.818. The van der Waals surface area contributed by atoms with Crippen molar-refractivity contribution in [1.82, 2.24) is 0 Å². The smallest absolute Gasteiger partial charge is 0.225 e. The standard InChI is InChI=1S/C22H38Cl2O2/c1-2-3-4-5-6-7-8-9-10-11-12-13-14-15-16-17-18-20(22(24)26)19-21(23)25/h9-10,20H,2-8,11-19H2,1H3. The lowest BCUT2D eigenvalue weighted by molar-refractivity contribution is -0.120. The van der Waals surface area contributed by atoms with Crippen molar-refractivity contribution < 1.29 is 9.59 Å². The third-order valence-corrected chi connectivity index (χ3v) is 5.26. The Kier molecular flexibility index (Phi) is 19.2. The summed E-state index contributed by atoms with van der Waals surface area (Å²) in [6, 6.07) is 0. The third kappa shape index (κ3) is 18.5. The van der Waals surface area contributed by atoms with Gasteiger partial charge in [-0.3, -0.25) is 9.59 Å². The van der Waals surface area contributed by atoms with Crippen LogP contribution < -0.4 is 0 Å². The summed E-state index contributed by atoms with van der Waals surface area (Å²) in [7, 11) is 0. The molecule has 1 atom stereocenters. The lowest BCUT2D eigenvalue weighted by Gasteiger charge is -2.09. The second-order valence-electron chi connectivity index (χ2n) is 7.29. The summed E-state index contributed by atoms with van der Waals surface area (Å²) in [5, 5.41) is -0.916. The van der Waals surface area contributed by atoms with E-state index in [0.29, 0.717) is 6.42 Å². The van der Waals surface area contributed by atoms with E-state index in [-0.39, 0.29) is 6.42 Å². The first-order valence-electron chi connectivity index (χ1n) is 10.6. The average molecular weight is 405 g/mol. The predicted octanol–water partition coefficient (Wildman–Crippen LogP) is 7.95. The van der Waals surface area contributed by atoms with Crippen LogP contribution in [0.4, 0.5) is 0 Å². The van der Waals surface area contributed by atoms with Crippen LogP contribution in [0.3, 0.4) is 0 Å². The van der Waals surface area contributed by atoms with Crippen LogP contribution in [0.5, 0.6) is 0 Å². The van der Waals surface area contributed by atoms with Crippen LogP contribution >= 0.6 is 23.2 Å². The van der Waals surface area contributed by atoms with E-state index in [1.807, 2.05) is 0 Å². The molecule has 0 spiro atoms. The molecular weight excluding hydrogens is 367 g/mol. The Balaban J connectivity index is 3.36. The minimum atomic E-state index is -0.478. The minimum Gasteiger partial charge on any atom is -0.281 e. The number of hydrogen-bond donors (Lipinski definition) is 0. The SMILES string of the molecule is CCCCCCCCC=CCCCCCCCCC(CC(=O)Cl)C(=O)Cl. The lowest BCUT2D eigenvalue weighted by atomic mass is 9.98. The van der Waals surface area contributed by atoms with E-state index in [9.17, 15) is 9.59 Å². The minimum absolute atomic E-state index is 0.0644. The van der Waals surface area contributed by atoms with Gasteiger partial charge < -0.3 is 0 Å². The van der Waals surface area contributed by atoms with E-state index in [2.05, 4.69) is 19.1 Å². The van der Waals surface area contributed by atoms with E-state index in [1.165, 1.54) is 77.0 Å². The molecule has 0 aliphatic heterocycles. The van der Waals surface area contributed by atoms with Crippen LogP contribution in [-0.2, 0) is 9.59 Å². The molecule has 0 saturated carbocycles. The average Bonchev–Trinajstić information content (AvgIpc) is 2.59. The number of hydrogen-bond acceptors (Lipinski definition) is 2. The van der Waals surface area contributed by atoms with Gasteiger partial charge >= 0.3 is 0 Å². The van der Waals surface area contributed by atoms with E-state index in [4.69, 9.17) is 23.2 Å². The first-order valence-corrected chi connectivity index (χ1v) is 11.4. The first-order chi connectivity index (χ1) is 12.6. The van der Waals surface area contributed by atoms with E-state index in [0.717, 1.165) is 12.8 Å². The molecule has 0 saturated heterocycles. The fourth-order valence-corrected chi connectivity index (χ4v) is 3.50. The van der Waals surface area contributed by atoms with Crippen LogP contribution in [-0.4, -0.2) is 10.5 Å². The predicted molar refractivity (Wildman–Crippen MR) is 114 cm³/mol. The quantitative estimate of drug-likeness (QED) is 0.124. The van der Waals surface area contributed by atoms with Crippen molar-refractivity contribution in [3.05, 3.63) is 12.2 Å². The Morgan fingerprint density at radius 2 is 1.19 bits per heavy atom. The second kappa shape index (κ2) is 19.4. The molecule has 0 fully saturated rings. The van der Waals surface area contributed by atoms with Crippen molar-refractivity contribution in [3.63, 3.8) is 0 Å².